The van der Waals surface area contributed by atoms with Crippen molar-refractivity contribution in [2.75, 3.05) is 25.1 Å². The molecule has 3 atom stereocenters. The lowest BCUT2D eigenvalue weighted by Gasteiger charge is -2.37. The van der Waals surface area contributed by atoms with Gasteiger partial charge in [-0.25, -0.2) is 9.78 Å². The van der Waals surface area contributed by atoms with Gasteiger partial charge in [-0.15, -0.1) is 0 Å². The first-order valence-electron chi connectivity index (χ1n) is 10.3. The van der Waals surface area contributed by atoms with Crippen molar-refractivity contribution in [1.82, 2.24) is 14.9 Å². The quantitative estimate of drug-likeness (QED) is 0.671. The third-order valence-electron chi connectivity index (χ3n) is 5.66. The van der Waals surface area contributed by atoms with Crippen molar-refractivity contribution in [3.63, 3.8) is 0 Å². The van der Waals surface area contributed by atoms with Crippen LogP contribution in [0.1, 0.15) is 43.1 Å². The summed E-state index contributed by atoms with van der Waals surface area (Å²) in [7, 11) is 1.65. The van der Waals surface area contributed by atoms with Crippen molar-refractivity contribution < 1.29 is 14.6 Å². The number of carbonyl (C=O) groups is 1. The summed E-state index contributed by atoms with van der Waals surface area (Å²) in [6.07, 6.45) is -0.242. The number of carboxylic acids is 1. The van der Waals surface area contributed by atoms with Crippen molar-refractivity contribution in [2.24, 2.45) is 0 Å². The number of benzene rings is 2. The van der Waals surface area contributed by atoms with Gasteiger partial charge in [-0.05, 0) is 57.2 Å². The van der Waals surface area contributed by atoms with Gasteiger partial charge >= 0.3 is 5.97 Å². The molecule has 1 fully saturated rings. The van der Waals surface area contributed by atoms with Crippen molar-refractivity contribution in [2.45, 2.75) is 39.0 Å². The maximum Gasteiger partial charge on any atom is 0.335 e. The first-order valence-corrected chi connectivity index (χ1v) is 10.3. The van der Waals surface area contributed by atoms with E-state index < -0.39 is 5.97 Å². The number of ether oxygens (including phenoxy) is 1. The number of carboxylic acid groups (broad SMARTS) is 1. The van der Waals surface area contributed by atoms with Gasteiger partial charge in [0.25, 0.3) is 0 Å². The van der Waals surface area contributed by atoms with Gasteiger partial charge in [0.2, 0.25) is 0 Å². The zero-order valence-corrected chi connectivity index (χ0v) is 17.8. The highest BCUT2D eigenvalue weighted by molar-refractivity contribution is 5.93. The second kappa shape index (κ2) is 8.08. The van der Waals surface area contributed by atoms with E-state index in [4.69, 9.17) is 9.72 Å². The fourth-order valence-corrected chi connectivity index (χ4v) is 4.25. The average molecular weight is 409 g/mol. The number of piperazine rings is 1. The SMILES string of the molecule is COC(C)c1nc2cc(C(=O)O)ccc2n1-c1cccc(N2CC(C)NC(C)C2)c1. The molecular formula is C23H28N4O3. The maximum absolute atomic E-state index is 11.4. The van der Waals surface area contributed by atoms with Gasteiger partial charge in [0.1, 0.15) is 11.9 Å². The molecule has 2 heterocycles. The molecule has 2 N–H and O–H groups in total. The van der Waals surface area contributed by atoms with Crippen LogP contribution in [0.4, 0.5) is 5.69 Å². The second-order valence-electron chi connectivity index (χ2n) is 8.09. The lowest BCUT2D eigenvalue weighted by molar-refractivity contribution is 0.0697. The molecule has 4 rings (SSSR count). The number of rotatable bonds is 5. The van der Waals surface area contributed by atoms with Crippen LogP contribution in [0.25, 0.3) is 16.7 Å². The molecule has 1 aromatic heterocycles. The normalized spacial score (nSPS) is 20.5. The fourth-order valence-electron chi connectivity index (χ4n) is 4.25. The van der Waals surface area contributed by atoms with Gasteiger partial charge in [0.05, 0.1) is 16.6 Å². The average Bonchev–Trinajstić information content (AvgIpc) is 3.11. The highest BCUT2D eigenvalue weighted by Crippen LogP contribution is 2.29. The van der Waals surface area contributed by atoms with Crippen LogP contribution < -0.4 is 10.2 Å². The molecule has 0 saturated carbocycles. The van der Waals surface area contributed by atoms with Crippen molar-refractivity contribution in [1.29, 1.82) is 0 Å². The van der Waals surface area contributed by atoms with Gasteiger partial charge in [-0.2, -0.15) is 0 Å². The maximum atomic E-state index is 11.4. The van der Waals surface area contributed by atoms with E-state index in [-0.39, 0.29) is 11.7 Å². The summed E-state index contributed by atoms with van der Waals surface area (Å²) in [6, 6.07) is 14.3. The summed E-state index contributed by atoms with van der Waals surface area (Å²) in [5, 5.41) is 12.9. The molecule has 2 aromatic carbocycles. The molecule has 3 aromatic rings. The first kappa shape index (κ1) is 20.4. The van der Waals surface area contributed by atoms with E-state index in [0.717, 1.165) is 35.8 Å². The van der Waals surface area contributed by atoms with Crippen LogP contribution in [0.15, 0.2) is 42.5 Å². The number of aromatic carboxylic acids is 1. The van der Waals surface area contributed by atoms with Gasteiger partial charge in [-0.1, -0.05) is 6.07 Å². The summed E-state index contributed by atoms with van der Waals surface area (Å²) in [5.74, 6) is -0.217. The summed E-state index contributed by atoms with van der Waals surface area (Å²) in [6.45, 7) is 8.24. The molecule has 7 nitrogen and oxygen atoms in total. The second-order valence-corrected chi connectivity index (χ2v) is 8.09. The molecule has 1 aliphatic rings. The predicted octanol–water partition coefficient (Wildman–Crippen LogP) is 3.62. The van der Waals surface area contributed by atoms with E-state index in [1.165, 1.54) is 0 Å². The molecular weight excluding hydrogens is 380 g/mol. The Labute approximate surface area is 176 Å². The van der Waals surface area contributed by atoms with E-state index in [0.29, 0.717) is 17.6 Å². The van der Waals surface area contributed by atoms with E-state index >= 15 is 0 Å². The lowest BCUT2D eigenvalue weighted by Crippen LogP contribution is -2.54. The van der Waals surface area contributed by atoms with Gasteiger partial charge < -0.3 is 20.1 Å². The Bertz CT molecular complexity index is 1070. The van der Waals surface area contributed by atoms with E-state index in [9.17, 15) is 9.90 Å². The third-order valence-corrected chi connectivity index (χ3v) is 5.66. The molecule has 0 amide bonds. The smallest absolute Gasteiger partial charge is 0.335 e. The number of nitrogens with zero attached hydrogens (tertiary/aromatic N) is 3. The van der Waals surface area contributed by atoms with Crippen LogP contribution in [0.5, 0.6) is 0 Å². The van der Waals surface area contributed by atoms with Crippen LogP contribution in [0, 0.1) is 0 Å². The van der Waals surface area contributed by atoms with Crippen molar-refractivity contribution in [3.8, 4) is 5.69 Å². The zero-order valence-electron chi connectivity index (χ0n) is 17.8. The number of nitrogens with one attached hydrogen (secondary N) is 1. The monoisotopic (exact) mass is 408 g/mol. The summed E-state index contributed by atoms with van der Waals surface area (Å²) in [4.78, 5) is 18.5. The number of hydrogen-bond donors (Lipinski definition) is 2. The van der Waals surface area contributed by atoms with Crippen LogP contribution in [0.2, 0.25) is 0 Å². The summed E-state index contributed by atoms with van der Waals surface area (Å²) >= 11 is 0. The minimum atomic E-state index is -0.961. The Morgan fingerprint density at radius 2 is 1.87 bits per heavy atom. The Morgan fingerprint density at radius 1 is 1.17 bits per heavy atom. The fraction of sp³-hybridized carbons (Fsp3) is 0.391. The molecule has 3 unspecified atom stereocenters. The third kappa shape index (κ3) is 3.78. The number of hydrogen-bond acceptors (Lipinski definition) is 5. The van der Waals surface area contributed by atoms with Crippen molar-refractivity contribution in [3.05, 3.63) is 53.9 Å². The van der Waals surface area contributed by atoms with E-state index in [2.05, 4.69) is 52.9 Å². The molecule has 158 valence electrons. The van der Waals surface area contributed by atoms with Gasteiger partial charge in [-0.3, -0.25) is 4.57 Å². The Hall–Kier alpha value is -2.90. The highest BCUT2D eigenvalue weighted by atomic mass is 16.5. The van der Waals surface area contributed by atoms with E-state index in [1.54, 1.807) is 19.2 Å². The molecule has 0 radical (unpaired) electrons. The molecule has 0 aliphatic carbocycles. The molecule has 7 heteroatoms. The van der Waals surface area contributed by atoms with Crippen molar-refractivity contribution >= 4 is 22.7 Å². The number of anilines is 1. The molecule has 0 spiro atoms. The summed E-state index contributed by atoms with van der Waals surface area (Å²) < 4.78 is 7.63. The van der Waals surface area contributed by atoms with Crippen LogP contribution in [-0.2, 0) is 4.74 Å². The number of fused-ring (bicyclic) bond motifs is 1. The minimum Gasteiger partial charge on any atom is -0.478 e. The summed E-state index contributed by atoms with van der Waals surface area (Å²) in [5.41, 5.74) is 3.87. The largest absolute Gasteiger partial charge is 0.478 e. The number of methoxy groups -OCH3 is 1. The highest BCUT2D eigenvalue weighted by Gasteiger charge is 2.23. The molecule has 30 heavy (non-hydrogen) atoms. The van der Waals surface area contributed by atoms with Crippen LogP contribution in [0.3, 0.4) is 0 Å². The van der Waals surface area contributed by atoms with Gasteiger partial charge in [0.15, 0.2) is 0 Å². The minimum absolute atomic E-state index is 0.223. The van der Waals surface area contributed by atoms with Crippen LogP contribution in [-0.4, -0.2) is 52.9 Å². The number of imidazole rings is 1. The topological polar surface area (TPSA) is 79.6 Å². The Balaban J connectivity index is 1.83. The van der Waals surface area contributed by atoms with Gasteiger partial charge in [0, 0.05) is 43.7 Å². The Kier molecular flexibility index (Phi) is 5.49. The Morgan fingerprint density at radius 3 is 2.53 bits per heavy atom. The molecule has 1 aliphatic heterocycles. The lowest BCUT2D eigenvalue weighted by atomic mass is 10.1. The number of aromatic nitrogens is 2. The van der Waals surface area contributed by atoms with Crippen LogP contribution >= 0.6 is 0 Å². The predicted molar refractivity (Wildman–Crippen MR) is 118 cm³/mol. The first-order chi connectivity index (χ1) is 14.4. The van der Waals surface area contributed by atoms with E-state index in [1.807, 2.05) is 13.0 Å². The zero-order chi connectivity index (χ0) is 21.4. The molecule has 0 bridgehead atoms. The standard InChI is InChI=1S/C23H28N4O3/c1-14-12-26(13-15(2)24-14)18-6-5-7-19(11-18)27-21-9-8-17(23(28)29)10-20(21)25-22(27)16(3)30-4/h5-11,14-16,24H,12-13H2,1-4H3,(H,28,29). The molecule has 1 saturated heterocycles.